The van der Waals surface area contributed by atoms with Crippen LogP contribution in [-0.4, -0.2) is 60.5 Å². The summed E-state index contributed by atoms with van der Waals surface area (Å²) in [5.41, 5.74) is 1.85. The molecule has 34 heavy (non-hydrogen) atoms. The molecular formula is C25H25ClN4O3S. The van der Waals surface area contributed by atoms with E-state index in [1.165, 1.54) is 0 Å². The van der Waals surface area contributed by atoms with Gasteiger partial charge in [0.05, 0.1) is 16.3 Å². The first-order chi connectivity index (χ1) is 16.3. The highest BCUT2D eigenvalue weighted by Gasteiger charge is 2.24. The van der Waals surface area contributed by atoms with E-state index in [-0.39, 0.29) is 23.0 Å². The highest BCUT2D eigenvalue weighted by atomic mass is 35.5. The second-order valence-electron chi connectivity index (χ2n) is 8.58. The van der Waals surface area contributed by atoms with Crippen molar-refractivity contribution in [1.82, 2.24) is 14.3 Å². The fraction of sp³-hybridized carbons (Fsp3) is 0.280. The lowest BCUT2D eigenvalue weighted by Crippen LogP contribution is -2.49. The Morgan fingerprint density at radius 3 is 2.53 bits per heavy atom. The second kappa shape index (κ2) is 8.92. The Kier molecular flexibility index (Phi) is 5.95. The number of nitrogens with zero attached hydrogens (tertiary/aromatic N) is 4. The molecule has 0 bridgehead atoms. The van der Waals surface area contributed by atoms with E-state index in [0.29, 0.717) is 31.2 Å². The maximum absolute atomic E-state index is 12.9. The quantitative estimate of drug-likeness (QED) is 0.418. The lowest BCUT2D eigenvalue weighted by atomic mass is 10.1. The van der Waals surface area contributed by atoms with Crippen LogP contribution in [0.3, 0.4) is 0 Å². The molecule has 1 fully saturated rings. The number of halogens is 1. The van der Waals surface area contributed by atoms with Crippen molar-refractivity contribution in [3.05, 3.63) is 71.5 Å². The Balaban J connectivity index is 1.21. The summed E-state index contributed by atoms with van der Waals surface area (Å²) < 4.78 is 27.8. The van der Waals surface area contributed by atoms with Crippen molar-refractivity contribution in [3.8, 4) is 0 Å². The number of carbonyl (C=O) groups is 1. The molecule has 5 rings (SSSR count). The average molecular weight is 497 g/mol. The first-order valence-corrected chi connectivity index (χ1v) is 13.2. The van der Waals surface area contributed by atoms with Crippen LogP contribution in [-0.2, 0) is 14.6 Å². The smallest absolute Gasteiger partial charge is 0.223 e. The molecule has 1 aliphatic rings. The number of rotatable bonds is 5. The van der Waals surface area contributed by atoms with Crippen molar-refractivity contribution < 1.29 is 13.2 Å². The number of hydrogen-bond donors (Lipinski definition) is 0. The molecule has 0 radical (unpaired) electrons. The molecule has 0 N–H and O–H groups in total. The molecule has 7 nitrogen and oxygen atoms in total. The Hall–Kier alpha value is -3.10. The summed E-state index contributed by atoms with van der Waals surface area (Å²) in [6, 6.07) is 16.3. The summed E-state index contributed by atoms with van der Waals surface area (Å²) >= 11 is 6.01. The van der Waals surface area contributed by atoms with Gasteiger partial charge in [0.2, 0.25) is 5.91 Å². The number of fused-ring (bicyclic) bond motifs is 2. The van der Waals surface area contributed by atoms with Crippen molar-refractivity contribution in [3.63, 3.8) is 0 Å². The third-order valence-corrected chi connectivity index (χ3v) is 8.21. The van der Waals surface area contributed by atoms with E-state index >= 15 is 0 Å². The van der Waals surface area contributed by atoms with Crippen LogP contribution >= 0.6 is 11.6 Å². The van der Waals surface area contributed by atoms with Gasteiger partial charge in [-0.25, -0.2) is 13.4 Å². The average Bonchev–Trinajstić information content (AvgIpc) is 3.22. The summed E-state index contributed by atoms with van der Waals surface area (Å²) in [6.45, 7) is 4.44. The molecule has 0 spiro atoms. The van der Waals surface area contributed by atoms with Crippen molar-refractivity contribution in [2.45, 2.75) is 18.2 Å². The van der Waals surface area contributed by atoms with E-state index in [2.05, 4.69) is 20.4 Å². The summed E-state index contributed by atoms with van der Waals surface area (Å²) in [5, 5.41) is 2.28. The third-order valence-electron chi connectivity index (χ3n) is 6.26. The van der Waals surface area contributed by atoms with Crippen molar-refractivity contribution in [2.75, 3.05) is 36.8 Å². The van der Waals surface area contributed by atoms with Gasteiger partial charge >= 0.3 is 0 Å². The molecule has 1 amide bonds. The minimum absolute atomic E-state index is 0.0305. The van der Waals surface area contributed by atoms with Gasteiger partial charge in [0, 0.05) is 43.8 Å². The van der Waals surface area contributed by atoms with Crippen LogP contribution in [0, 0.1) is 6.92 Å². The van der Waals surface area contributed by atoms with Gasteiger partial charge in [-0.05, 0) is 54.1 Å². The topological polar surface area (TPSA) is 75.0 Å². The zero-order valence-corrected chi connectivity index (χ0v) is 20.4. The number of amides is 1. The Bertz CT molecular complexity index is 1490. The number of pyridine rings is 1. The summed E-state index contributed by atoms with van der Waals surface area (Å²) in [6.07, 6.45) is 1.98. The number of anilines is 1. The molecule has 0 atom stereocenters. The minimum atomic E-state index is -3.57. The van der Waals surface area contributed by atoms with Gasteiger partial charge in [0.15, 0.2) is 9.84 Å². The largest absolute Gasteiger partial charge is 0.354 e. The van der Waals surface area contributed by atoms with Gasteiger partial charge in [-0.3, -0.25) is 9.20 Å². The Morgan fingerprint density at radius 1 is 1.00 bits per heavy atom. The predicted octanol–water partition coefficient (Wildman–Crippen LogP) is 3.96. The van der Waals surface area contributed by atoms with Crippen molar-refractivity contribution in [1.29, 1.82) is 0 Å². The first kappa shape index (κ1) is 22.7. The van der Waals surface area contributed by atoms with E-state index in [0.717, 1.165) is 27.9 Å². The molecule has 3 heterocycles. The number of imidazole rings is 1. The van der Waals surface area contributed by atoms with E-state index in [1.807, 2.05) is 25.3 Å². The lowest BCUT2D eigenvalue weighted by Gasteiger charge is -2.36. The Labute approximate surface area is 203 Å². The van der Waals surface area contributed by atoms with Crippen LogP contribution in [0.5, 0.6) is 0 Å². The molecule has 9 heteroatoms. The molecule has 176 valence electrons. The summed E-state index contributed by atoms with van der Waals surface area (Å²) in [5.74, 6) is 0.705. The molecule has 2 aromatic carbocycles. The molecule has 1 aliphatic heterocycles. The molecule has 1 saturated heterocycles. The number of piperazine rings is 1. The monoisotopic (exact) mass is 496 g/mol. The zero-order valence-electron chi connectivity index (χ0n) is 18.8. The number of aryl methyl sites for hydroxylation is 1. The van der Waals surface area contributed by atoms with Crippen LogP contribution in [0.4, 0.5) is 5.82 Å². The lowest BCUT2D eigenvalue weighted by molar-refractivity contribution is -0.131. The number of aromatic nitrogens is 2. The predicted molar refractivity (Wildman–Crippen MR) is 134 cm³/mol. The fourth-order valence-electron chi connectivity index (χ4n) is 4.45. The molecule has 0 aliphatic carbocycles. The van der Waals surface area contributed by atoms with E-state index in [1.54, 1.807) is 41.3 Å². The van der Waals surface area contributed by atoms with Gasteiger partial charge < -0.3 is 9.80 Å². The number of benzene rings is 2. The number of carbonyl (C=O) groups excluding carboxylic acids is 1. The second-order valence-corrected chi connectivity index (χ2v) is 11.1. The van der Waals surface area contributed by atoms with Crippen LogP contribution < -0.4 is 4.90 Å². The summed E-state index contributed by atoms with van der Waals surface area (Å²) in [4.78, 5) is 21.5. The van der Waals surface area contributed by atoms with Gasteiger partial charge in [-0.2, -0.15) is 0 Å². The van der Waals surface area contributed by atoms with Gasteiger partial charge in [0.1, 0.15) is 11.5 Å². The minimum Gasteiger partial charge on any atom is -0.354 e. The number of hydrogen-bond acceptors (Lipinski definition) is 5. The molecule has 4 aromatic rings. The highest BCUT2D eigenvalue weighted by Crippen LogP contribution is 2.24. The fourth-order valence-corrected chi connectivity index (χ4v) is 5.89. The highest BCUT2D eigenvalue weighted by molar-refractivity contribution is 7.91. The normalized spacial score (nSPS) is 14.8. The van der Waals surface area contributed by atoms with Crippen LogP contribution in [0.15, 0.2) is 65.7 Å². The molecular weight excluding hydrogens is 472 g/mol. The van der Waals surface area contributed by atoms with E-state index in [4.69, 9.17) is 11.6 Å². The van der Waals surface area contributed by atoms with Crippen LogP contribution in [0.25, 0.3) is 16.4 Å². The zero-order chi connectivity index (χ0) is 23.9. The van der Waals surface area contributed by atoms with E-state index < -0.39 is 9.84 Å². The first-order valence-electron chi connectivity index (χ1n) is 11.2. The summed E-state index contributed by atoms with van der Waals surface area (Å²) in [7, 11) is -3.57. The van der Waals surface area contributed by atoms with Crippen molar-refractivity contribution in [2.24, 2.45) is 0 Å². The number of sulfone groups is 1. The molecule has 0 unspecified atom stereocenters. The van der Waals surface area contributed by atoms with Crippen molar-refractivity contribution >= 4 is 49.6 Å². The maximum atomic E-state index is 12.9. The SMILES string of the molecule is Cc1cn2c(N3CCN(C(=O)CCS(=O)(=O)c4ccc5cc(Cl)ccc5c4)CC3)cccc2n1. The van der Waals surface area contributed by atoms with Gasteiger partial charge in [-0.1, -0.05) is 29.8 Å². The Morgan fingerprint density at radius 2 is 1.74 bits per heavy atom. The maximum Gasteiger partial charge on any atom is 0.223 e. The van der Waals surface area contributed by atoms with Crippen LogP contribution in [0.1, 0.15) is 12.1 Å². The van der Waals surface area contributed by atoms with Crippen LogP contribution in [0.2, 0.25) is 5.02 Å². The van der Waals surface area contributed by atoms with E-state index in [9.17, 15) is 13.2 Å². The third kappa shape index (κ3) is 4.48. The molecule has 2 aromatic heterocycles. The van der Waals surface area contributed by atoms with Gasteiger partial charge in [-0.15, -0.1) is 0 Å². The van der Waals surface area contributed by atoms with Gasteiger partial charge in [0.25, 0.3) is 0 Å². The standard InChI is InChI=1S/C25H25ClN4O3S/c1-18-17-30-23(27-18)3-2-4-24(30)28-10-12-29(13-11-28)25(31)9-14-34(32,33)22-8-6-19-15-21(26)7-5-20(19)16-22/h2-8,15-17H,9-14H2,1H3. The molecule has 0 saturated carbocycles.